The minimum Gasteiger partial charge on any atom is -0.322 e. The van der Waals surface area contributed by atoms with Crippen LogP contribution in [0.2, 0.25) is 0 Å². The summed E-state index contributed by atoms with van der Waals surface area (Å²) in [5, 5.41) is 3.22. The molecule has 0 spiro atoms. The van der Waals surface area contributed by atoms with E-state index in [-0.39, 0.29) is 6.04 Å². The third-order valence-corrected chi connectivity index (χ3v) is 4.91. The van der Waals surface area contributed by atoms with Crippen LogP contribution >= 0.6 is 11.3 Å². The second-order valence-electron chi connectivity index (χ2n) is 5.61. The Morgan fingerprint density at radius 1 is 1.53 bits per heavy atom. The van der Waals surface area contributed by atoms with Crippen molar-refractivity contribution in [3.63, 3.8) is 0 Å². The highest BCUT2D eigenvalue weighted by Gasteiger charge is 2.22. The van der Waals surface area contributed by atoms with Gasteiger partial charge in [-0.2, -0.15) is 0 Å². The second-order valence-corrected chi connectivity index (χ2v) is 6.50. The van der Waals surface area contributed by atoms with Crippen molar-refractivity contribution in [1.82, 2.24) is 14.8 Å². The normalized spacial score (nSPS) is 24.3. The molecule has 0 radical (unpaired) electrons. The van der Waals surface area contributed by atoms with Crippen molar-refractivity contribution in [2.45, 2.75) is 45.3 Å². The zero-order valence-corrected chi connectivity index (χ0v) is 13.1. The highest BCUT2D eigenvalue weighted by atomic mass is 32.1. The number of thiazole rings is 1. The number of aromatic nitrogens is 1. The Labute approximate surface area is 120 Å². The first-order valence-electron chi connectivity index (χ1n) is 7.22. The Kier molecular flexibility index (Phi) is 5.33. The third kappa shape index (κ3) is 3.99. The molecule has 2 rings (SSSR count). The van der Waals surface area contributed by atoms with Gasteiger partial charge in [0.1, 0.15) is 5.01 Å². The molecule has 0 aliphatic carbocycles. The maximum Gasteiger partial charge on any atom is 0.109 e. The molecule has 1 saturated heterocycles. The van der Waals surface area contributed by atoms with Crippen molar-refractivity contribution in [2.24, 2.45) is 5.73 Å². The molecule has 2 atom stereocenters. The van der Waals surface area contributed by atoms with Gasteiger partial charge in [0, 0.05) is 31.1 Å². The summed E-state index contributed by atoms with van der Waals surface area (Å²) >= 11 is 1.69. The Balaban J connectivity index is 2.02. The monoisotopic (exact) mass is 282 g/mol. The predicted octanol–water partition coefficient (Wildman–Crippen LogP) is 2.08. The summed E-state index contributed by atoms with van der Waals surface area (Å²) in [6, 6.07) is 0.698. The van der Waals surface area contributed by atoms with Crippen molar-refractivity contribution in [2.75, 3.05) is 26.7 Å². The van der Waals surface area contributed by atoms with E-state index >= 15 is 0 Å². The molecule has 2 unspecified atom stereocenters. The van der Waals surface area contributed by atoms with Crippen LogP contribution in [0.15, 0.2) is 5.38 Å². The van der Waals surface area contributed by atoms with Crippen molar-refractivity contribution in [3.05, 3.63) is 16.1 Å². The molecule has 1 aromatic rings. The zero-order valence-electron chi connectivity index (χ0n) is 12.3. The molecule has 1 fully saturated rings. The van der Waals surface area contributed by atoms with Crippen LogP contribution in [0, 0.1) is 0 Å². The Hall–Kier alpha value is -0.490. The number of hydrogen-bond acceptors (Lipinski definition) is 5. The summed E-state index contributed by atoms with van der Waals surface area (Å²) in [4.78, 5) is 9.69. The van der Waals surface area contributed by atoms with Gasteiger partial charge >= 0.3 is 0 Å². The molecule has 0 saturated carbocycles. The van der Waals surface area contributed by atoms with Crippen molar-refractivity contribution >= 4 is 11.3 Å². The second kappa shape index (κ2) is 6.79. The van der Waals surface area contributed by atoms with Gasteiger partial charge in [0.05, 0.1) is 11.7 Å². The van der Waals surface area contributed by atoms with Crippen LogP contribution in [0.4, 0.5) is 0 Å². The first kappa shape index (κ1) is 14.9. The van der Waals surface area contributed by atoms with E-state index in [0.717, 1.165) is 11.6 Å². The van der Waals surface area contributed by atoms with Gasteiger partial charge in [-0.15, -0.1) is 11.3 Å². The molecule has 1 aromatic heterocycles. The largest absolute Gasteiger partial charge is 0.322 e. The lowest BCUT2D eigenvalue weighted by Gasteiger charge is -2.29. The molecular formula is C14H26N4S. The average Bonchev–Trinajstić information content (AvgIpc) is 2.76. The third-order valence-electron chi connectivity index (χ3n) is 3.82. The topological polar surface area (TPSA) is 45.4 Å². The Bertz CT molecular complexity index is 391. The number of nitrogens with zero attached hydrogens (tertiary/aromatic N) is 3. The van der Waals surface area contributed by atoms with Crippen molar-refractivity contribution in [3.8, 4) is 0 Å². The van der Waals surface area contributed by atoms with E-state index in [4.69, 9.17) is 5.73 Å². The van der Waals surface area contributed by atoms with E-state index in [0.29, 0.717) is 6.04 Å². The van der Waals surface area contributed by atoms with E-state index in [1.807, 2.05) is 6.92 Å². The fraction of sp³-hybridized carbons (Fsp3) is 0.786. The molecule has 1 aliphatic heterocycles. The van der Waals surface area contributed by atoms with E-state index in [1.165, 1.54) is 38.2 Å². The Morgan fingerprint density at radius 2 is 2.32 bits per heavy atom. The Morgan fingerprint density at radius 3 is 2.95 bits per heavy atom. The van der Waals surface area contributed by atoms with Gasteiger partial charge in [0.2, 0.25) is 0 Å². The summed E-state index contributed by atoms with van der Waals surface area (Å²) in [5.41, 5.74) is 7.07. The van der Waals surface area contributed by atoms with Crippen molar-refractivity contribution < 1.29 is 0 Å². The number of hydrogen-bond donors (Lipinski definition) is 1. The SMILES string of the molecule is CCC1CN(C)CCCN1Cc1csc(C(C)N)n1. The highest BCUT2D eigenvalue weighted by molar-refractivity contribution is 7.09. The lowest BCUT2D eigenvalue weighted by molar-refractivity contribution is 0.174. The minimum atomic E-state index is 0.0518. The van der Waals surface area contributed by atoms with Gasteiger partial charge in [0.15, 0.2) is 0 Å². The number of likely N-dealkylation sites (N-methyl/N-ethyl adjacent to an activating group) is 1. The predicted molar refractivity (Wildman–Crippen MR) is 81.3 cm³/mol. The standard InChI is InChI=1S/C14H26N4S/c1-4-13-9-17(3)6-5-7-18(13)8-12-10-19-14(16-12)11(2)15/h10-11,13H,4-9,15H2,1-3H3. The molecule has 19 heavy (non-hydrogen) atoms. The minimum absolute atomic E-state index is 0.0518. The lowest BCUT2D eigenvalue weighted by atomic mass is 10.2. The molecule has 4 nitrogen and oxygen atoms in total. The van der Waals surface area contributed by atoms with Crippen molar-refractivity contribution in [1.29, 1.82) is 0 Å². The fourth-order valence-electron chi connectivity index (χ4n) is 2.70. The summed E-state index contributed by atoms with van der Waals surface area (Å²) in [5.74, 6) is 0. The van der Waals surface area contributed by atoms with Crippen LogP contribution < -0.4 is 5.73 Å². The molecule has 5 heteroatoms. The molecule has 2 N–H and O–H groups in total. The average molecular weight is 282 g/mol. The van der Waals surface area contributed by atoms with Gasteiger partial charge in [-0.25, -0.2) is 4.98 Å². The van der Waals surface area contributed by atoms with E-state index in [2.05, 4.69) is 34.1 Å². The van der Waals surface area contributed by atoms with Gasteiger partial charge < -0.3 is 10.6 Å². The van der Waals surface area contributed by atoms with Crippen LogP contribution in [0.5, 0.6) is 0 Å². The van der Waals surface area contributed by atoms with Gasteiger partial charge in [-0.1, -0.05) is 6.92 Å². The molecule has 2 heterocycles. The van der Waals surface area contributed by atoms with E-state index < -0.39 is 0 Å². The lowest BCUT2D eigenvalue weighted by Crippen LogP contribution is -2.39. The van der Waals surface area contributed by atoms with Gasteiger partial charge in [-0.3, -0.25) is 4.90 Å². The summed E-state index contributed by atoms with van der Waals surface area (Å²) < 4.78 is 0. The maximum absolute atomic E-state index is 5.88. The number of nitrogens with two attached hydrogens (primary N) is 1. The summed E-state index contributed by atoms with van der Waals surface area (Å²) in [6.07, 6.45) is 2.45. The quantitative estimate of drug-likeness (QED) is 0.918. The van der Waals surface area contributed by atoms with Crippen LogP contribution in [0.1, 0.15) is 43.4 Å². The molecule has 1 aliphatic rings. The van der Waals surface area contributed by atoms with Gasteiger partial charge in [0.25, 0.3) is 0 Å². The first-order chi connectivity index (χ1) is 9.10. The fourth-order valence-corrected chi connectivity index (χ4v) is 3.47. The van der Waals surface area contributed by atoms with Gasteiger partial charge in [-0.05, 0) is 33.4 Å². The number of rotatable bonds is 4. The highest BCUT2D eigenvalue weighted by Crippen LogP contribution is 2.20. The molecule has 0 amide bonds. The molecule has 0 bridgehead atoms. The smallest absolute Gasteiger partial charge is 0.109 e. The van der Waals surface area contributed by atoms with Crippen LogP contribution in [-0.2, 0) is 6.54 Å². The van der Waals surface area contributed by atoms with E-state index in [1.54, 1.807) is 11.3 Å². The van der Waals surface area contributed by atoms with Crippen LogP contribution in [-0.4, -0.2) is 47.5 Å². The maximum atomic E-state index is 5.88. The first-order valence-corrected chi connectivity index (χ1v) is 8.10. The molecular weight excluding hydrogens is 256 g/mol. The van der Waals surface area contributed by atoms with Crippen LogP contribution in [0.3, 0.4) is 0 Å². The molecule has 108 valence electrons. The molecule has 0 aromatic carbocycles. The summed E-state index contributed by atoms with van der Waals surface area (Å²) in [7, 11) is 2.23. The summed E-state index contributed by atoms with van der Waals surface area (Å²) in [6.45, 7) is 8.79. The van der Waals surface area contributed by atoms with Crippen LogP contribution in [0.25, 0.3) is 0 Å². The zero-order chi connectivity index (χ0) is 13.8. The van der Waals surface area contributed by atoms with E-state index in [9.17, 15) is 0 Å².